The number of aliphatic hydroxyl groups excluding tert-OH is 1. The highest BCUT2D eigenvalue weighted by atomic mass is 16.6. The number of carbonyl (C=O) groups excluding carboxylic acids is 3. The van der Waals surface area contributed by atoms with Crippen LogP contribution in [0.5, 0.6) is 0 Å². The van der Waals surface area contributed by atoms with Crippen molar-refractivity contribution >= 4 is 17.8 Å². The summed E-state index contributed by atoms with van der Waals surface area (Å²) in [5, 5.41) is 9.20. The van der Waals surface area contributed by atoms with Gasteiger partial charge in [0.2, 0.25) is 11.8 Å². The molecule has 5 rings (SSSR count). The van der Waals surface area contributed by atoms with Crippen molar-refractivity contribution in [1.29, 1.82) is 0 Å². The molecule has 1 unspecified atom stereocenters. The van der Waals surface area contributed by atoms with Crippen LogP contribution in [0.3, 0.4) is 0 Å². The van der Waals surface area contributed by atoms with Crippen LogP contribution in [0.25, 0.3) is 0 Å². The van der Waals surface area contributed by atoms with Gasteiger partial charge in [-0.05, 0) is 44.6 Å². The lowest BCUT2D eigenvalue weighted by atomic mass is 9.73. The van der Waals surface area contributed by atoms with Crippen LogP contribution in [0.2, 0.25) is 0 Å². The highest BCUT2D eigenvalue weighted by Crippen LogP contribution is 2.58. The monoisotopic (exact) mass is 486 g/mol. The van der Waals surface area contributed by atoms with Crippen LogP contribution in [0, 0.1) is 11.8 Å². The average molecular weight is 487 g/mol. The predicted molar refractivity (Wildman–Crippen MR) is 128 cm³/mol. The molecule has 4 heterocycles. The third-order valence-electron chi connectivity index (χ3n) is 8.80. The Balaban J connectivity index is 1.56. The van der Waals surface area contributed by atoms with Gasteiger partial charge in [0.15, 0.2) is 0 Å². The second kappa shape index (κ2) is 9.69. The molecule has 1 saturated carbocycles. The maximum absolute atomic E-state index is 14.3. The molecule has 0 aromatic carbocycles. The van der Waals surface area contributed by atoms with Crippen molar-refractivity contribution in [2.24, 2.45) is 11.8 Å². The second-order valence-corrected chi connectivity index (χ2v) is 10.7. The minimum absolute atomic E-state index is 0.0695. The van der Waals surface area contributed by atoms with E-state index in [1.54, 1.807) is 11.0 Å². The number of aliphatic hydroxyl groups is 1. The van der Waals surface area contributed by atoms with Gasteiger partial charge in [-0.15, -0.1) is 0 Å². The van der Waals surface area contributed by atoms with Gasteiger partial charge in [-0.2, -0.15) is 0 Å². The SMILES string of the molecule is CC[C@]12C=CCOC(=O)[C@H]1[C@H]1C(=O)N(CCCCCO)C3C(=O)N(C4CCCCC4)CC=C[C@@]31O2. The number of carbonyl (C=O) groups is 3. The molecular formula is C27H38N2O6. The Bertz CT molecular complexity index is 911. The first-order chi connectivity index (χ1) is 17.0. The molecule has 4 aliphatic heterocycles. The molecule has 2 amide bonds. The van der Waals surface area contributed by atoms with Crippen molar-refractivity contribution in [3.8, 4) is 0 Å². The molecule has 0 aromatic rings. The van der Waals surface area contributed by atoms with Gasteiger partial charge >= 0.3 is 5.97 Å². The van der Waals surface area contributed by atoms with Crippen LogP contribution in [0.1, 0.15) is 64.7 Å². The number of hydrogen-bond acceptors (Lipinski definition) is 6. The summed E-state index contributed by atoms with van der Waals surface area (Å²) in [6, 6.07) is -0.635. The molecule has 1 aliphatic carbocycles. The van der Waals surface area contributed by atoms with Crippen molar-refractivity contribution in [3.05, 3.63) is 24.3 Å². The minimum Gasteiger partial charge on any atom is -0.461 e. The lowest BCUT2D eigenvalue weighted by molar-refractivity contribution is -0.160. The first kappa shape index (κ1) is 24.5. The summed E-state index contributed by atoms with van der Waals surface area (Å²) < 4.78 is 12.3. The Kier molecular flexibility index (Phi) is 6.79. The maximum atomic E-state index is 14.3. The fraction of sp³-hybridized carbons (Fsp3) is 0.741. The van der Waals surface area contributed by atoms with Gasteiger partial charge < -0.3 is 24.4 Å². The van der Waals surface area contributed by atoms with Crippen LogP contribution in [0.15, 0.2) is 24.3 Å². The highest BCUT2D eigenvalue weighted by molar-refractivity contribution is 5.99. The van der Waals surface area contributed by atoms with Gasteiger partial charge in [0.05, 0.1) is 5.92 Å². The van der Waals surface area contributed by atoms with Crippen LogP contribution in [-0.2, 0) is 23.9 Å². The molecule has 8 heteroatoms. The van der Waals surface area contributed by atoms with E-state index in [1.165, 1.54) is 6.42 Å². The molecule has 1 spiro atoms. The first-order valence-corrected chi connectivity index (χ1v) is 13.4. The summed E-state index contributed by atoms with van der Waals surface area (Å²) in [4.78, 5) is 45.3. The van der Waals surface area contributed by atoms with Crippen LogP contribution >= 0.6 is 0 Å². The zero-order valence-electron chi connectivity index (χ0n) is 20.7. The summed E-state index contributed by atoms with van der Waals surface area (Å²) in [5.74, 6) is -2.29. The number of hydrogen-bond donors (Lipinski definition) is 1. The predicted octanol–water partition coefficient (Wildman–Crippen LogP) is 2.35. The fourth-order valence-corrected chi connectivity index (χ4v) is 7.14. The fourth-order valence-electron chi connectivity index (χ4n) is 7.14. The Morgan fingerprint density at radius 1 is 1.00 bits per heavy atom. The number of rotatable bonds is 7. The van der Waals surface area contributed by atoms with Crippen molar-refractivity contribution in [2.45, 2.75) is 88.0 Å². The van der Waals surface area contributed by atoms with E-state index in [2.05, 4.69) is 0 Å². The normalized spacial score (nSPS) is 37.1. The van der Waals surface area contributed by atoms with Gasteiger partial charge in [-0.25, -0.2) is 0 Å². The smallest absolute Gasteiger partial charge is 0.313 e. The number of unbranched alkanes of at least 4 members (excludes halogenated alkanes) is 2. The zero-order chi connectivity index (χ0) is 24.6. The number of esters is 1. The van der Waals surface area contributed by atoms with E-state index >= 15 is 0 Å². The molecule has 0 radical (unpaired) electrons. The molecule has 192 valence electrons. The third kappa shape index (κ3) is 3.84. The zero-order valence-corrected chi connectivity index (χ0v) is 20.7. The van der Waals surface area contributed by atoms with Crippen molar-refractivity contribution < 1.29 is 29.0 Å². The van der Waals surface area contributed by atoms with E-state index in [0.29, 0.717) is 32.4 Å². The van der Waals surface area contributed by atoms with E-state index in [0.717, 1.165) is 32.1 Å². The summed E-state index contributed by atoms with van der Waals surface area (Å²) >= 11 is 0. The third-order valence-corrected chi connectivity index (χ3v) is 8.80. The lowest BCUT2D eigenvalue weighted by Gasteiger charge is -2.40. The minimum atomic E-state index is -1.20. The lowest BCUT2D eigenvalue weighted by Crippen LogP contribution is -2.57. The molecule has 0 bridgehead atoms. The number of amides is 2. The number of ether oxygens (including phenoxy) is 2. The van der Waals surface area contributed by atoms with E-state index in [1.807, 2.05) is 30.1 Å². The van der Waals surface area contributed by atoms with Crippen molar-refractivity contribution in [3.63, 3.8) is 0 Å². The molecule has 0 aromatic heterocycles. The summed E-state index contributed by atoms with van der Waals surface area (Å²) in [5.41, 5.74) is -2.17. The van der Waals surface area contributed by atoms with E-state index in [9.17, 15) is 19.5 Å². The standard InChI is InChI=1S/C27H38N2O6/c1-2-26-13-10-18-34-25(33)21(26)20-23(31)29(15-7-4-8-17-30)22-24(32)28(19-11-5-3-6-12-19)16-9-14-27(20,22)35-26/h9-10,13-14,19-22,30H,2-8,11-12,15-18H2,1H3/t20-,21+,22?,26-,27-/m0/s1. The molecular weight excluding hydrogens is 448 g/mol. The maximum Gasteiger partial charge on any atom is 0.313 e. The molecule has 1 N–H and O–H groups in total. The van der Waals surface area contributed by atoms with E-state index < -0.39 is 35.0 Å². The van der Waals surface area contributed by atoms with Crippen LogP contribution in [0.4, 0.5) is 0 Å². The quantitative estimate of drug-likeness (QED) is 0.337. The molecule has 8 nitrogen and oxygen atoms in total. The molecule has 3 fully saturated rings. The number of cyclic esters (lactones) is 1. The second-order valence-electron chi connectivity index (χ2n) is 10.7. The topological polar surface area (TPSA) is 96.4 Å². The van der Waals surface area contributed by atoms with Gasteiger partial charge in [0.1, 0.15) is 29.8 Å². The number of fused-ring (bicyclic) bond motifs is 2. The van der Waals surface area contributed by atoms with Gasteiger partial charge in [0.25, 0.3) is 0 Å². The van der Waals surface area contributed by atoms with E-state index in [-0.39, 0.29) is 31.1 Å². The van der Waals surface area contributed by atoms with Gasteiger partial charge in [-0.1, -0.05) is 44.4 Å². The van der Waals surface area contributed by atoms with Gasteiger partial charge in [0, 0.05) is 25.7 Å². The van der Waals surface area contributed by atoms with Crippen LogP contribution in [-0.4, -0.2) is 82.3 Å². The number of nitrogens with zero attached hydrogens (tertiary/aromatic N) is 2. The Morgan fingerprint density at radius 3 is 2.54 bits per heavy atom. The average Bonchev–Trinajstić information content (AvgIpc) is 3.14. The molecule has 2 saturated heterocycles. The van der Waals surface area contributed by atoms with Crippen LogP contribution < -0.4 is 0 Å². The summed E-state index contributed by atoms with van der Waals surface area (Å²) in [6.07, 6.45) is 15.5. The van der Waals surface area contributed by atoms with Gasteiger partial charge in [-0.3, -0.25) is 14.4 Å². The van der Waals surface area contributed by atoms with E-state index in [4.69, 9.17) is 9.47 Å². The largest absolute Gasteiger partial charge is 0.461 e. The summed E-state index contributed by atoms with van der Waals surface area (Å²) in [6.45, 7) is 3.11. The molecule has 5 aliphatic rings. The Morgan fingerprint density at radius 2 is 1.80 bits per heavy atom. The molecule has 35 heavy (non-hydrogen) atoms. The van der Waals surface area contributed by atoms with Crippen molar-refractivity contribution in [1.82, 2.24) is 9.80 Å². The van der Waals surface area contributed by atoms with Crippen molar-refractivity contribution in [2.75, 3.05) is 26.3 Å². The number of likely N-dealkylation sites (tertiary alicyclic amines) is 1. The summed E-state index contributed by atoms with van der Waals surface area (Å²) in [7, 11) is 0. The Labute approximate surface area is 207 Å². The first-order valence-electron chi connectivity index (χ1n) is 13.4. The highest BCUT2D eigenvalue weighted by Gasteiger charge is 2.75. The molecule has 5 atom stereocenters. The Hall–Kier alpha value is -2.19.